The second kappa shape index (κ2) is 9.14. The lowest BCUT2D eigenvalue weighted by molar-refractivity contribution is 0.0434. The van der Waals surface area contributed by atoms with E-state index in [1.54, 1.807) is 20.8 Å². The highest BCUT2D eigenvalue weighted by Crippen LogP contribution is 2.17. The van der Waals surface area contributed by atoms with Gasteiger partial charge in [0.15, 0.2) is 0 Å². The smallest absolute Gasteiger partial charge is 0.410 e. The fourth-order valence-corrected chi connectivity index (χ4v) is 2.72. The third kappa shape index (κ3) is 6.71. The first kappa shape index (κ1) is 20.4. The van der Waals surface area contributed by atoms with Crippen LogP contribution in [0.4, 0.5) is 9.59 Å². The van der Waals surface area contributed by atoms with Crippen molar-refractivity contribution < 1.29 is 19.1 Å². The SMILES string of the molecule is CC(C)(C)OC(=O)NC1CN(C(=O)OCc2ccccc2)CCC1N=[N+]=[N-]. The van der Waals surface area contributed by atoms with Crippen LogP contribution in [-0.2, 0) is 16.1 Å². The van der Waals surface area contributed by atoms with E-state index < -0.39 is 29.9 Å². The maximum absolute atomic E-state index is 12.4. The van der Waals surface area contributed by atoms with Gasteiger partial charge in [-0.1, -0.05) is 35.4 Å². The molecule has 0 aromatic heterocycles. The van der Waals surface area contributed by atoms with Gasteiger partial charge in [-0.2, -0.15) is 0 Å². The number of nitrogens with one attached hydrogen (secondary N) is 1. The Balaban J connectivity index is 1.96. The maximum Gasteiger partial charge on any atom is 0.410 e. The van der Waals surface area contributed by atoms with Crippen molar-refractivity contribution in [3.8, 4) is 0 Å². The monoisotopic (exact) mass is 375 g/mol. The van der Waals surface area contributed by atoms with Crippen LogP contribution in [0.2, 0.25) is 0 Å². The number of piperidine rings is 1. The molecule has 1 N–H and O–H groups in total. The molecule has 1 aromatic carbocycles. The van der Waals surface area contributed by atoms with Crippen molar-refractivity contribution in [2.24, 2.45) is 5.11 Å². The van der Waals surface area contributed by atoms with Gasteiger partial charge in [-0.3, -0.25) is 0 Å². The van der Waals surface area contributed by atoms with Gasteiger partial charge in [0, 0.05) is 18.0 Å². The Labute approximate surface area is 158 Å². The summed E-state index contributed by atoms with van der Waals surface area (Å²) in [6.07, 6.45) is -0.676. The molecule has 1 saturated heterocycles. The molecule has 1 aliphatic rings. The van der Waals surface area contributed by atoms with Gasteiger partial charge in [-0.15, -0.1) is 0 Å². The molecule has 9 heteroatoms. The summed E-state index contributed by atoms with van der Waals surface area (Å²) in [5.74, 6) is 0. The lowest BCUT2D eigenvalue weighted by Crippen LogP contribution is -2.56. The zero-order valence-corrected chi connectivity index (χ0v) is 15.8. The van der Waals surface area contributed by atoms with Gasteiger partial charge in [-0.25, -0.2) is 9.59 Å². The van der Waals surface area contributed by atoms with E-state index >= 15 is 0 Å². The Bertz CT molecular complexity index is 697. The first-order chi connectivity index (χ1) is 12.8. The van der Waals surface area contributed by atoms with Crippen LogP contribution in [0.25, 0.3) is 10.4 Å². The second-order valence-electron chi connectivity index (χ2n) is 7.30. The molecular formula is C18H25N5O4. The maximum atomic E-state index is 12.4. The largest absolute Gasteiger partial charge is 0.445 e. The molecular weight excluding hydrogens is 350 g/mol. The molecule has 0 aliphatic carbocycles. The Hall–Kier alpha value is -2.93. The van der Waals surface area contributed by atoms with Crippen molar-refractivity contribution in [1.29, 1.82) is 0 Å². The number of nitrogens with zero attached hydrogens (tertiary/aromatic N) is 4. The van der Waals surface area contributed by atoms with E-state index in [1.807, 2.05) is 30.3 Å². The minimum Gasteiger partial charge on any atom is -0.445 e. The molecule has 2 amide bonds. The molecule has 1 aliphatic heterocycles. The van der Waals surface area contributed by atoms with Gasteiger partial charge < -0.3 is 19.7 Å². The van der Waals surface area contributed by atoms with Crippen LogP contribution < -0.4 is 5.32 Å². The molecule has 9 nitrogen and oxygen atoms in total. The lowest BCUT2D eigenvalue weighted by atomic mass is 10.0. The average molecular weight is 375 g/mol. The van der Waals surface area contributed by atoms with Gasteiger partial charge >= 0.3 is 12.2 Å². The van der Waals surface area contributed by atoms with Crippen molar-refractivity contribution in [2.75, 3.05) is 13.1 Å². The predicted molar refractivity (Wildman–Crippen MR) is 98.9 cm³/mol. The van der Waals surface area contributed by atoms with Crippen molar-refractivity contribution >= 4 is 12.2 Å². The molecule has 0 saturated carbocycles. The third-order valence-corrected chi connectivity index (χ3v) is 3.94. The number of rotatable bonds is 4. The molecule has 2 rings (SSSR count). The molecule has 2 atom stereocenters. The second-order valence-corrected chi connectivity index (χ2v) is 7.30. The first-order valence-electron chi connectivity index (χ1n) is 8.78. The molecule has 1 aromatic rings. The van der Waals surface area contributed by atoms with Gasteiger partial charge in [0.1, 0.15) is 12.2 Å². The fourth-order valence-electron chi connectivity index (χ4n) is 2.72. The standard InChI is InChI=1S/C18H25N5O4/c1-18(2,3)27-16(24)20-15-11-23(10-9-14(15)21-22-19)17(25)26-12-13-7-5-4-6-8-13/h4-8,14-15H,9-12H2,1-3H3,(H,20,24). The molecule has 0 spiro atoms. The van der Waals surface area contributed by atoms with Crippen LogP contribution >= 0.6 is 0 Å². The lowest BCUT2D eigenvalue weighted by Gasteiger charge is -2.36. The van der Waals surface area contributed by atoms with Crippen molar-refractivity contribution in [1.82, 2.24) is 10.2 Å². The molecule has 0 radical (unpaired) electrons. The number of amides is 2. The van der Waals surface area contributed by atoms with Gasteiger partial charge in [-0.05, 0) is 38.3 Å². The van der Waals surface area contributed by atoms with Gasteiger partial charge in [0.2, 0.25) is 0 Å². The van der Waals surface area contributed by atoms with E-state index in [0.29, 0.717) is 13.0 Å². The summed E-state index contributed by atoms with van der Waals surface area (Å²) in [6.45, 7) is 5.99. The zero-order valence-electron chi connectivity index (χ0n) is 15.8. The van der Waals surface area contributed by atoms with E-state index in [1.165, 1.54) is 4.90 Å². The molecule has 1 fully saturated rings. The molecule has 0 bridgehead atoms. The number of carbonyl (C=O) groups excluding carboxylic acids is 2. The quantitative estimate of drug-likeness (QED) is 0.491. The number of likely N-dealkylation sites (tertiary alicyclic amines) is 1. The Morgan fingerprint density at radius 2 is 2.04 bits per heavy atom. The Kier molecular flexibility index (Phi) is 6.90. The number of hydrogen-bond acceptors (Lipinski definition) is 5. The highest BCUT2D eigenvalue weighted by atomic mass is 16.6. The van der Waals surface area contributed by atoms with E-state index in [9.17, 15) is 9.59 Å². The molecule has 1 heterocycles. The summed E-state index contributed by atoms with van der Waals surface area (Å²) >= 11 is 0. The first-order valence-corrected chi connectivity index (χ1v) is 8.78. The van der Waals surface area contributed by atoms with Crippen molar-refractivity contribution in [3.63, 3.8) is 0 Å². The minimum absolute atomic E-state index is 0.167. The van der Waals surface area contributed by atoms with Crippen LogP contribution in [0.3, 0.4) is 0 Å². The van der Waals surface area contributed by atoms with E-state index in [4.69, 9.17) is 15.0 Å². The normalized spacial score (nSPS) is 19.6. The number of alkyl carbamates (subject to hydrolysis) is 1. The number of hydrogen-bond donors (Lipinski definition) is 1. The molecule has 2 unspecified atom stereocenters. The minimum atomic E-state index is -0.652. The van der Waals surface area contributed by atoms with Gasteiger partial charge in [0.25, 0.3) is 0 Å². The van der Waals surface area contributed by atoms with E-state index in [2.05, 4.69) is 15.3 Å². The average Bonchev–Trinajstić information content (AvgIpc) is 2.60. The summed E-state index contributed by atoms with van der Waals surface area (Å²) in [4.78, 5) is 28.7. The Morgan fingerprint density at radius 1 is 1.33 bits per heavy atom. The van der Waals surface area contributed by atoms with Crippen molar-refractivity contribution in [3.05, 3.63) is 46.3 Å². The van der Waals surface area contributed by atoms with E-state index in [-0.39, 0.29) is 13.2 Å². The molecule has 146 valence electrons. The van der Waals surface area contributed by atoms with Crippen LogP contribution in [0.1, 0.15) is 32.8 Å². The summed E-state index contributed by atoms with van der Waals surface area (Å²) in [5, 5.41) is 6.43. The third-order valence-electron chi connectivity index (χ3n) is 3.94. The van der Waals surface area contributed by atoms with Crippen LogP contribution in [0.15, 0.2) is 35.4 Å². The summed E-state index contributed by atoms with van der Waals surface area (Å²) in [7, 11) is 0. The van der Waals surface area contributed by atoms with Crippen LogP contribution in [-0.4, -0.2) is 47.9 Å². The summed E-state index contributed by atoms with van der Waals surface area (Å²) in [5.41, 5.74) is 8.99. The van der Waals surface area contributed by atoms with Crippen LogP contribution in [0.5, 0.6) is 0 Å². The van der Waals surface area contributed by atoms with Crippen LogP contribution in [0, 0.1) is 0 Å². The number of carbonyl (C=O) groups is 2. The Morgan fingerprint density at radius 3 is 2.67 bits per heavy atom. The number of azide groups is 1. The molecule has 27 heavy (non-hydrogen) atoms. The summed E-state index contributed by atoms with van der Waals surface area (Å²) in [6, 6.07) is 8.36. The zero-order chi connectivity index (χ0) is 19.9. The number of ether oxygens (including phenoxy) is 2. The topological polar surface area (TPSA) is 117 Å². The summed E-state index contributed by atoms with van der Waals surface area (Å²) < 4.78 is 10.6. The fraction of sp³-hybridized carbons (Fsp3) is 0.556. The van der Waals surface area contributed by atoms with Crippen molar-refractivity contribution in [2.45, 2.75) is 51.5 Å². The van der Waals surface area contributed by atoms with Gasteiger partial charge in [0.05, 0.1) is 12.1 Å². The highest BCUT2D eigenvalue weighted by molar-refractivity contribution is 5.70. The predicted octanol–water partition coefficient (Wildman–Crippen LogP) is 3.60. The van der Waals surface area contributed by atoms with E-state index in [0.717, 1.165) is 5.56 Å². The number of benzene rings is 1. The highest BCUT2D eigenvalue weighted by Gasteiger charge is 2.33.